The smallest absolute Gasteiger partial charge is 0.363 e. The minimum absolute atomic E-state index is 0.0324. The van der Waals surface area contributed by atoms with Gasteiger partial charge < -0.3 is 10.5 Å². The van der Waals surface area contributed by atoms with Crippen molar-refractivity contribution in [2.24, 2.45) is 5.73 Å². The summed E-state index contributed by atoms with van der Waals surface area (Å²) in [7, 11) is 1.02. The Bertz CT molecular complexity index is 358. The van der Waals surface area contributed by atoms with Gasteiger partial charge in [0.15, 0.2) is 0 Å². The molecule has 1 aromatic carbocycles. The maximum atomic E-state index is 13.0. The zero-order chi connectivity index (χ0) is 12.4. The van der Waals surface area contributed by atoms with Gasteiger partial charge in [0.1, 0.15) is 0 Å². The van der Waals surface area contributed by atoms with Crippen molar-refractivity contribution in [1.29, 1.82) is 0 Å². The second-order valence-electron chi connectivity index (χ2n) is 3.60. The highest BCUT2D eigenvalue weighted by atomic mass is 19.4. The van der Waals surface area contributed by atoms with Crippen LogP contribution < -0.4 is 5.73 Å². The first-order valence-electron chi connectivity index (χ1n) is 4.76. The zero-order valence-corrected chi connectivity index (χ0v) is 9.14. The van der Waals surface area contributed by atoms with Crippen molar-refractivity contribution in [2.45, 2.75) is 18.7 Å². The number of hydrogen-bond donors (Lipinski definition) is 1. The van der Waals surface area contributed by atoms with Gasteiger partial charge in [-0.25, -0.2) is 0 Å². The van der Waals surface area contributed by atoms with Gasteiger partial charge >= 0.3 is 6.18 Å². The number of methoxy groups -OCH3 is 1. The first kappa shape index (κ1) is 13.0. The van der Waals surface area contributed by atoms with Crippen LogP contribution in [0.1, 0.15) is 11.1 Å². The predicted octanol–water partition coefficient (Wildman–Crippen LogP) is 2.36. The summed E-state index contributed by atoms with van der Waals surface area (Å²) in [5.41, 5.74) is 3.59. The molecule has 90 valence electrons. The van der Waals surface area contributed by atoms with Crippen LogP contribution in [-0.4, -0.2) is 19.8 Å². The van der Waals surface area contributed by atoms with E-state index in [0.717, 1.165) is 12.7 Å². The number of ether oxygens (including phenoxy) is 1. The van der Waals surface area contributed by atoms with Gasteiger partial charge in [-0.2, -0.15) is 13.2 Å². The van der Waals surface area contributed by atoms with E-state index in [2.05, 4.69) is 4.74 Å². The largest absolute Gasteiger partial charge is 0.422 e. The van der Waals surface area contributed by atoms with Gasteiger partial charge in [-0.05, 0) is 12.5 Å². The predicted molar refractivity (Wildman–Crippen MR) is 55.0 cm³/mol. The summed E-state index contributed by atoms with van der Waals surface area (Å²) in [6.45, 7) is 1.08. The lowest BCUT2D eigenvalue weighted by Crippen LogP contribution is -2.49. The van der Waals surface area contributed by atoms with E-state index in [1.54, 1.807) is 19.1 Å². The molecule has 2 N–H and O–H groups in total. The molecule has 0 aliphatic heterocycles. The summed E-state index contributed by atoms with van der Waals surface area (Å²) < 4.78 is 43.6. The van der Waals surface area contributed by atoms with Crippen LogP contribution in [0.3, 0.4) is 0 Å². The van der Waals surface area contributed by atoms with E-state index in [0.29, 0.717) is 0 Å². The Labute approximate surface area is 92.2 Å². The fourth-order valence-electron chi connectivity index (χ4n) is 1.61. The summed E-state index contributed by atoms with van der Waals surface area (Å²) in [4.78, 5) is 0. The van der Waals surface area contributed by atoms with Crippen molar-refractivity contribution >= 4 is 0 Å². The Hall–Kier alpha value is -1.07. The molecule has 1 unspecified atom stereocenters. The molecule has 1 aromatic rings. The number of alkyl halides is 3. The van der Waals surface area contributed by atoms with Crippen LogP contribution in [0.2, 0.25) is 0 Å². The van der Waals surface area contributed by atoms with E-state index in [1.807, 2.05) is 0 Å². The molecule has 0 bridgehead atoms. The van der Waals surface area contributed by atoms with E-state index in [4.69, 9.17) is 5.73 Å². The average Bonchev–Trinajstić information content (AvgIpc) is 2.18. The Morgan fingerprint density at radius 3 is 2.31 bits per heavy atom. The lowest BCUT2D eigenvalue weighted by atomic mass is 9.91. The molecule has 0 fully saturated rings. The highest BCUT2D eigenvalue weighted by Gasteiger charge is 2.55. The van der Waals surface area contributed by atoms with Gasteiger partial charge in [0.2, 0.25) is 5.60 Å². The Kier molecular flexibility index (Phi) is 3.60. The molecule has 0 amide bonds. The lowest BCUT2D eigenvalue weighted by molar-refractivity contribution is -0.272. The molecule has 0 spiro atoms. The second kappa shape index (κ2) is 4.43. The Morgan fingerprint density at radius 1 is 1.31 bits per heavy atom. The average molecular weight is 233 g/mol. The summed E-state index contributed by atoms with van der Waals surface area (Å²) >= 11 is 0. The molecule has 5 heteroatoms. The second-order valence-corrected chi connectivity index (χ2v) is 3.60. The molecule has 16 heavy (non-hydrogen) atoms. The third-order valence-corrected chi connectivity index (χ3v) is 2.58. The normalized spacial score (nSPS) is 15.9. The maximum Gasteiger partial charge on any atom is 0.422 e. The minimum atomic E-state index is -4.54. The highest BCUT2D eigenvalue weighted by molar-refractivity contribution is 5.29. The lowest BCUT2D eigenvalue weighted by Gasteiger charge is -2.33. The van der Waals surface area contributed by atoms with Crippen molar-refractivity contribution < 1.29 is 17.9 Å². The number of hydrogen-bond acceptors (Lipinski definition) is 2. The third-order valence-electron chi connectivity index (χ3n) is 2.58. The molecule has 0 saturated carbocycles. The molecule has 1 rings (SSSR count). The van der Waals surface area contributed by atoms with Crippen molar-refractivity contribution in [1.82, 2.24) is 0 Å². The number of rotatable bonds is 3. The Morgan fingerprint density at radius 2 is 1.94 bits per heavy atom. The first-order chi connectivity index (χ1) is 7.37. The summed E-state index contributed by atoms with van der Waals surface area (Å²) in [5.74, 6) is 0. The molecule has 0 radical (unpaired) electrons. The molecular weight excluding hydrogens is 219 g/mol. The molecule has 0 aliphatic carbocycles. The van der Waals surface area contributed by atoms with Crippen LogP contribution in [0.15, 0.2) is 24.3 Å². The summed E-state index contributed by atoms with van der Waals surface area (Å²) in [5, 5.41) is 0. The third kappa shape index (κ3) is 2.05. The Balaban J connectivity index is 3.32. The molecular formula is C11H14F3NO. The van der Waals surface area contributed by atoms with Crippen LogP contribution in [-0.2, 0) is 10.3 Å². The minimum Gasteiger partial charge on any atom is -0.363 e. The standard InChI is InChI=1S/C11H14F3NO/c1-8-4-3-5-9(6-8)10(7-15,16-2)11(12,13)14/h3-6H,7,15H2,1-2H3. The van der Waals surface area contributed by atoms with Gasteiger partial charge in [-0.15, -0.1) is 0 Å². The SMILES string of the molecule is COC(CN)(c1cccc(C)c1)C(F)(F)F. The number of benzene rings is 1. The van der Waals surface area contributed by atoms with E-state index in [1.165, 1.54) is 12.1 Å². The summed E-state index contributed by atoms with van der Waals surface area (Å²) in [6, 6.07) is 6.08. The van der Waals surface area contributed by atoms with Crippen molar-refractivity contribution in [3.05, 3.63) is 35.4 Å². The van der Waals surface area contributed by atoms with Crippen LogP contribution in [0.5, 0.6) is 0 Å². The highest BCUT2D eigenvalue weighted by Crippen LogP contribution is 2.41. The molecule has 1 atom stereocenters. The maximum absolute atomic E-state index is 13.0. The van der Waals surface area contributed by atoms with E-state index >= 15 is 0 Å². The van der Waals surface area contributed by atoms with Crippen molar-refractivity contribution in [3.8, 4) is 0 Å². The number of aryl methyl sites for hydroxylation is 1. The van der Waals surface area contributed by atoms with Crippen LogP contribution in [0.4, 0.5) is 13.2 Å². The first-order valence-corrected chi connectivity index (χ1v) is 4.76. The number of nitrogens with two attached hydrogens (primary N) is 1. The van der Waals surface area contributed by atoms with Gasteiger partial charge in [0.25, 0.3) is 0 Å². The quantitative estimate of drug-likeness (QED) is 0.869. The molecule has 0 aliphatic rings. The molecule has 2 nitrogen and oxygen atoms in total. The molecule has 0 aromatic heterocycles. The van der Waals surface area contributed by atoms with E-state index < -0.39 is 18.3 Å². The number of halogens is 3. The summed E-state index contributed by atoms with van der Waals surface area (Å²) in [6.07, 6.45) is -4.54. The van der Waals surface area contributed by atoms with Gasteiger partial charge in [0.05, 0.1) is 0 Å². The monoisotopic (exact) mass is 233 g/mol. The van der Waals surface area contributed by atoms with Gasteiger partial charge in [0, 0.05) is 13.7 Å². The van der Waals surface area contributed by atoms with E-state index in [9.17, 15) is 13.2 Å². The van der Waals surface area contributed by atoms with Crippen molar-refractivity contribution in [3.63, 3.8) is 0 Å². The fraction of sp³-hybridized carbons (Fsp3) is 0.455. The topological polar surface area (TPSA) is 35.2 Å². The van der Waals surface area contributed by atoms with Crippen LogP contribution in [0.25, 0.3) is 0 Å². The van der Waals surface area contributed by atoms with Crippen LogP contribution in [0, 0.1) is 6.92 Å². The van der Waals surface area contributed by atoms with Gasteiger partial charge in [-0.3, -0.25) is 0 Å². The molecule has 0 heterocycles. The van der Waals surface area contributed by atoms with Crippen molar-refractivity contribution in [2.75, 3.05) is 13.7 Å². The van der Waals surface area contributed by atoms with E-state index in [-0.39, 0.29) is 5.56 Å². The molecule has 0 saturated heterocycles. The van der Waals surface area contributed by atoms with Gasteiger partial charge in [-0.1, -0.05) is 29.8 Å². The van der Waals surface area contributed by atoms with Crippen LogP contribution >= 0.6 is 0 Å². The zero-order valence-electron chi connectivity index (χ0n) is 9.14. The fourth-order valence-corrected chi connectivity index (χ4v) is 1.61.